The molecule has 0 radical (unpaired) electrons. The van der Waals surface area contributed by atoms with Gasteiger partial charge in [0.2, 0.25) is 0 Å². The Morgan fingerprint density at radius 2 is 2.14 bits per heavy atom. The molecule has 3 heterocycles. The molecule has 43 heavy (non-hydrogen) atoms. The summed E-state index contributed by atoms with van der Waals surface area (Å²) in [7, 11) is 0. The highest BCUT2D eigenvalue weighted by molar-refractivity contribution is 6.44. The Hall–Kier alpha value is -4.47. The Morgan fingerprint density at radius 1 is 1.30 bits per heavy atom. The van der Waals surface area contributed by atoms with Crippen LogP contribution in [-0.4, -0.2) is 74.1 Å². The van der Waals surface area contributed by atoms with Crippen molar-refractivity contribution >= 4 is 16.9 Å². The van der Waals surface area contributed by atoms with Crippen LogP contribution in [0.4, 0.5) is 0 Å². The predicted molar refractivity (Wildman–Crippen MR) is 159 cm³/mol. The monoisotopic (exact) mass is 583 g/mol. The number of pyridine rings is 1. The molecule has 0 saturated carbocycles. The van der Waals surface area contributed by atoms with Crippen LogP contribution in [0.5, 0.6) is 5.75 Å². The van der Waals surface area contributed by atoms with Gasteiger partial charge < -0.3 is 29.8 Å². The van der Waals surface area contributed by atoms with Gasteiger partial charge in [-0.15, -0.1) is 6.58 Å². The summed E-state index contributed by atoms with van der Waals surface area (Å²) in [6.45, 7) is 5.82. The number of nitrogens with zero attached hydrogens (tertiary/aromatic N) is 4. The van der Waals surface area contributed by atoms with Crippen LogP contribution in [-0.2, 0) is 11.3 Å². The fourth-order valence-electron chi connectivity index (χ4n) is 5.54. The molecule has 0 bridgehead atoms. The largest absolute Gasteiger partial charge is 0.493 e. The summed E-state index contributed by atoms with van der Waals surface area (Å²) in [5.74, 6) is 0.623. The van der Waals surface area contributed by atoms with Crippen LogP contribution < -0.4 is 20.9 Å². The fraction of sp³-hybridized carbons (Fsp3) is 0.344. The predicted octanol–water partition coefficient (Wildman–Crippen LogP) is 0.776. The van der Waals surface area contributed by atoms with Gasteiger partial charge >= 0.3 is 0 Å². The summed E-state index contributed by atoms with van der Waals surface area (Å²) in [5.41, 5.74) is 1.58. The van der Waals surface area contributed by atoms with E-state index in [1.54, 1.807) is 25.4 Å². The number of fused-ring (bicyclic) bond motifs is 1. The van der Waals surface area contributed by atoms with Crippen molar-refractivity contribution in [3.05, 3.63) is 88.2 Å². The Balaban J connectivity index is 1.59. The van der Waals surface area contributed by atoms with E-state index in [9.17, 15) is 20.3 Å². The number of aliphatic hydroxyl groups excluding tert-OH is 3. The van der Waals surface area contributed by atoms with Gasteiger partial charge in [-0.3, -0.25) is 14.8 Å². The molecule has 2 aromatic heterocycles. The summed E-state index contributed by atoms with van der Waals surface area (Å²) >= 11 is 0. The topological polar surface area (TPSA) is 174 Å². The second-order valence-corrected chi connectivity index (χ2v) is 10.6. The Labute approximate surface area is 247 Å². The average Bonchev–Trinajstić information content (AvgIpc) is 3.49. The zero-order valence-corrected chi connectivity index (χ0v) is 23.7. The van der Waals surface area contributed by atoms with Gasteiger partial charge in [0.05, 0.1) is 60.1 Å². The maximum Gasteiger partial charge on any atom is 0.260 e. The molecule has 2 aliphatic rings. The normalized spacial score (nSPS) is 23.8. The molecular weight excluding hydrogens is 550 g/mol. The van der Waals surface area contributed by atoms with E-state index in [1.165, 1.54) is 6.33 Å². The van der Waals surface area contributed by atoms with E-state index >= 15 is 0 Å². The summed E-state index contributed by atoms with van der Waals surface area (Å²) in [6.07, 6.45) is 4.63. The van der Waals surface area contributed by atoms with Crippen LogP contribution in [0.3, 0.4) is 0 Å². The minimum atomic E-state index is -1.10. The minimum absolute atomic E-state index is 0.0451. The third kappa shape index (κ3) is 5.53. The molecule has 4 atom stereocenters. The Morgan fingerprint density at radius 3 is 2.84 bits per heavy atom. The third-order valence-corrected chi connectivity index (χ3v) is 7.96. The molecular formula is C32H33N5O6. The number of ether oxygens (including phenoxy) is 2. The summed E-state index contributed by atoms with van der Waals surface area (Å²) < 4.78 is 12.2. The van der Waals surface area contributed by atoms with Crippen LogP contribution in [0.15, 0.2) is 71.5 Å². The zero-order chi connectivity index (χ0) is 30.6. The number of aromatic nitrogens is 3. The van der Waals surface area contributed by atoms with Crippen molar-refractivity contribution in [1.29, 1.82) is 5.26 Å². The number of aliphatic hydroxyl groups is 3. The van der Waals surface area contributed by atoms with Crippen molar-refractivity contribution < 1.29 is 24.8 Å². The number of unbranched alkanes of at least 4 members (excludes halogenated alkanes) is 1. The first-order chi connectivity index (χ1) is 20.9. The lowest BCUT2D eigenvalue weighted by molar-refractivity contribution is -0.00943. The minimum Gasteiger partial charge on any atom is -0.493 e. The second-order valence-electron chi connectivity index (χ2n) is 10.6. The SMILES string of the molecule is C=CC1(C)C(C2=c3nc[nH]c(=O)c3=C(C#N)C2=NCc2ccc(-c3cccnc3)c(OCCCCO)c2)O[C@H](CO)[C@H]1O. The van der Waals surface area contributed by atoms with Gasteiger partial charge in [0.25, 0.3) is 5.56 Å². The maximum atomic E-state index is 12.9. The van der Waals surface area contributed by atoms with E-state index < -0.39 is 35.9 Å². The highest BCUT2D eigenvalue weighted by Gasteiger charge is 2.54. The molecule has 1 aliphatic carbocycles. The van der Waals surface area contributed by atoms with Gasteiger partial charge in [-0.1, -0.05) is 31.2 Å². The van der Waals surface area contributed by atoms with E-state index in [2.05, 4.69) is 27.6 Å². The van der Waals surface area contributed by atoms with Crippen LogP contribution in [0, 0.1) is 16.7 Å². The van der Waals surface area contributed by atoms with E-state index in [1.807, 2.05) is 30.3 Å². The lowest BCUT2D eigenvalue weighted by Crippen LogP contribution is -2.45. The van der Waals surface area contributed by atoms with Crippen molar-refractivity contribution in [2.75, 3.05) is 19.8 Å². The average molecular weight is 584 g/mol. The lowest BCUT2D eigenvalue weighted by Gasteiger charge is -2.30. The maximum absolute atomic E-state index is 12.9. The molecule has 1 saturated heterocycles. The first kappa shape index (κ1) is 30.0. The van der Waals surface area contributed by atoms with Crippen LogP contribution >= 0.6 is 0 Å². The number of rotatable bonds is 11. The van der Waals surface area contributed by atoms with Crippen LogP contribution in [0.2, 0.25) is 0 Å². The van der Waals surface area contributed by atoms with E-state index in [0.29, 0.717) is 30.8 Å². The molecule has 222 valence electrons. The van der Waals surface area contributed by atoms with E-state index in [0.717, 1.165) is 16.7 Å². The van der Waals surface area contributed by atoms with Gasteiger partial charge in [-0.05, 0) is 30.5 Å². The van der Waals surface area contributed by atoms with Gasteiger partial charge in [-0.2, -0.15) is 5.26 Å². The third-order valence-electron chi connectivity index (χ3n) is 7.96. The van der Waals surface area contributed by atoms with Crippen molar-refractivity contribution in [2.45, 2.75) is 44.6 Å². The quantitative estimate of drug-likeness (QED) is 0.188. The molecule has 1 aromatic carbocycles. The first-order valence-corrected chi connectivity index (χ1v) is 14.0. The summed E-state index contributed by atoms with van der Waals surface area (Å²) in [4.78, 5) is 28.9. The molecule has 11 nitrogen and oxygen atoms in total. The molecule has 2 unspecified atom stereocenters. The van der Waals surface area contributed by atoms with Crippen LogP contribution in [0.25, 0.3) is 22.3 Å². The molecule has 5 rings (SSSR count). The molecule has 1 fully saturated rings. The smallest absolute Gasteiger partial charge is 0.260 e. The van der Waals surface area contributed by atoms with Gasteiger partial charge in [0.15, 0.2) is 0 Å². The van der Waals surface area contributed by atoms with Crippen molar-refractivity contribution in [3.8, 4) is 22.9 Å². The van der Waals surface area contributed by atoms with Crippen molar-refractivity contribution in [3.63, 3.8) is 0 Å². The number of nitriles is 1. The second kappa shape index (κ2) is 12.8. The zero-order valence-electron chi connectivity index (χ0n) is 23.7. The molecule has 11 heteroatoms. The molecule has 3 aromatic rings. The van der Waals surface area contributed by atoms with Crippen molar-refractivity contribution in [1.82, 2.24) is 15.0 Å². The van der Waals surface area contributed by atoms with Gasteiger partial charge in [-0.25, -0.2) is 4.98 Å². The number of aliphatic imine (C=N–C) groups is 1. The Kier molecular flexibility index (Phi) is 8.94. The summed E-state index contributed by atoms with van der Waals surface area (Å²) in [5, 5.41) is 40.6. The van der Waals surface area contributed by atoms with E-state index in [-0.39, 0.29) is 35.0 Å². The van der Waals surface area contributed by atoms with E-state index in [4.69, 9.17) is 19.6 Å². The highest BCUT2D eigenvalue weighted by atomic mass is 16.5. The van der Waals surface area contributed by atoms with Gasteiger partial charge in [0, 0.05) is 41.1 Å². The number of H-pyrrole nitrogens is 1. The number of nitrogens with one attached hydrogen (secondary N) is 1. The molecule has 0 spiro atoms. The van der Waals surface area contributed by atoms with Crippen LogP contribution in [0.1, 0.15) is 25.3 Å². The standard InChI is InChI=1S/C32H33N5O6/c1-3-32(2)29(40)24(17-39)43-30(32)26-27(22(14-33)25-28(26)36-18-37-31(25)41)35-15-19-8-9-21(20-7-6-10-34-16-20)23(13-19)42-12-5-4-11-38/h3,6-10,13,16,18,24,29-30,38-40H,1,4-5,11-12,15,17H2,2H3,(H,36,37,41)/t24-,29-,30?,32?/m1/s1. The molecule has 4 N–H and O–H groups in total. The first-order valence-electron chi connectivity index (χ1n) is 14.0. The van der Waals surface area contributed by atoms with Crippen molar-refractivity contribution in [2.24, 2.45) is 10.4 Å². The molecule has 1 aliphatic heterocycles. The molecule has 0 amide bonds. The lowest BCUT2D eigenvalue weighted by atomic mass is 9.76. The fourth-order valence-corrected chi connectivity index (χ4v) is 5.54. The Bertz CT molecular complexity index is 1760. The number of aromatic amines is 1. The number of hydrogen-bond donors (Lipinski definition) is 4. The summed E-state index contributed by atoms with van der Waals surface area (Å²) in [6, 6.07) is 11.6. The number of benzene rings is 1. The highest BCUT2D eigenvalue weighted by Crippen LogP contribution is 2.44. The van der Waals surface area contributed by atoms with Gasteiger partial charge in [0.1, 0.15) is 17.9 Å². The number of hydrogen-bond acceptors (Lipinski definition) is 10.